The van der Waals surface area contributed by atoms with Crippen LogP contribution in [0.2, 0.25) is 0 Å². The normalized spacial score (nSPS) is 10.5. The van der Waals surface area contributed by atoms with Gasteiger partial charge in [-0.1, -0.05) is 82.7 Å². The van der Waals surface area contributed by atoms with Crippen LogP contribution in [0.1, 0.15) is 32.6 Å². The Morgan fingerprint density at radius 2 is 1.48 bits per heavy atom. The number of hydrogen-bond donors (Lipinski definition) is 0. The van der Waals surface area contributed by atoms with E-state index in [1.807, 2.05) is 67.6 Å². The minimum atomic E-state index is -0.284. The van der Waals surface area contributed by atoms with Crippen LogP contribution in [0.15, 0.2) is 77.3 Å². The molecule has 3 rings (SSSR count). The van der Waals surface area contributed by atoms with Gasteiger partial charge in [0.25, 0.3) is 0 Å². The quantitative estimate of drug-likeness (QED) is 0.518. The van der Waals surface area contributed by atoms with Gasteiger partial charge >= 0.3 is 5.97 Å². The van der Waals surface area contributed by atoms with Gasteiger partial charge in [-0.15, -0.1) is 0 Å². The third-order valence-electron chi connectivity index (χ3n) is 4.10. The molecule has 2 nitrogen and oxygen atoms in total. The van der Waals surface area contributed by atoms with E-state index in [0.717, 1.165) is 26.7 Å². The van der Waals surface area contributed by atoms with E-state index in [-0.39, 0.29) is 12.6 Å². The molecule has 0 amide bonds. The first-order chi connectivity index (χ1) is 12.1. The van der Waals surface area contributed by atoms with Crippen LogP contribution in [-0.2, 0) is 17.8 Å². The maximum Gasteiger partial charge on any atom is 0.339 e. The van der Waals surface area contributed by atoms with Gasteiger partial charge in [0, 0.05) is 4.47 Å². The molecule has 25 heavy (non-hydrogen) atoms. The predicted octanol–water partition coefficient (Wildman–Crippen LogP) is 5.71. The summed E-state index contributed by atoms with van der Waals surface area (Å²) in [6, 6.07) is 23.8. The number of carbonyl (C=O) groups excluding carboxylic acids is 1. The van der Waals surface area contributed by atoms with Crippen LogP contribution in [0.25, 0.3) is 0 Å². The van der Waals surface area contributed by atoms with Gasteiger partial charge in [-0.25, -0.2) is 4.79 Å². The molecule has 0 fully saturated rings. The molecule has 0 unspecified atom stereocenters. The van der Waals surface area contributed by atoms with Gasteiger partial charge in [-0.2, -0.15) is 0 Å². The number of ether oxygens (including phenoxy) is 1. The van der Waals surface area contributed by atoms with Gasteiger partial charge in [-0.3, -0.25) is 0 Å². The SMILES string of the molecule is Cc1ccc(Br)c(Cc2ccccc2)c1C(=O)OCc1ccccc1. The number of benzene rings is 3. The molecule has 0 aliphatic carbocycles. The summed E-state index contributed by atoms with van der Waals surface area (Å²) in [4.78, 5) is 12.8. The lowest BCUT2D eigenvalue weighted by molar-refractivity contribution is 0.0470. The molecular weight excluding hydrogens is 376 g/mol. The summed E-state index contributed by atoms with van der Waals surface area (Å²) in [5.74, 6) is -0.284. The van der Waals surface area contributed by atoms with Crippen molar-refractivity contribution >= 4 is 21.9 Å². The Morgan fingerprint density at radius 1 is 0.880 bits per heavy atom. The van der Waals surface area contributed by atoms with Gasteiger partial charge in [0.15, 0.2) is 0 Å². The van der Waals surface area contributed by atoms with E-state index in [0.29, 0.717) is 12.0 Å². The Labute approximate surface area is 156 Å². The van der Waals surface area contributed by atoms with Crippen LogP contribution in [0.4, 0.5) is 0 Å². The van der Waals surface area contributed by atoms with Crippen LogP contribution in [0.5, 0.6) is 0 Å². The molecule has 0 spiro atoms. The Kier molecular flexibility index (Phi) is 5.67. The molecule has 0 heterocycles. The van der Waals surface area contributed by atoms with E-state index in [2.05, 4.69) is 28.1 Å². The largest absolute Gasteiger partial charge is 0.457 e. The van der Waals surface area contributed by atoms with E-state index >= 15 is 0 Å². The molecular formula is C22H19BrO2. The first-order valence-corrected chi connectivity index (χ1v) is 8.97. The summed E-state index contributed by atoms with van der Waals surface area (Å²) in [7, 11) is 0. The molecule has 0 bridgehead atoms. The third-order valence-corrected chi connectivity index (χ3v) is 4.85. The van der Waals surface area contributed by atoms with E-state index in [1.54, 1.807) is 0 Å². The highest BCUT2D eigenvalue weighted by molar-refractivity contribution is 9.10. The smallest absolute Gasteiger partial charge is 0.339 e. The van der Waals surface area contributed by atoms with Gasteiger partial charge in [0.1, 0.15) is 6.61 Å². The molecule has 0 aliphatic heterocycles. The van der Waals surface area contributed by atoms with Crippen LogP contribution in [-0.4, -0.2) is 5.97 Å². The molecule has 0 N–H and O–H groups in total. The van der Waals surface area contributed by atoms with Gasteiger partial charge in [0.2, 0.25) is 0 Å². The predicted molar refractivity (Wildman–Crippen MR) is 104 cm³/mol. The Balaban J connectivity index is 1.86. The molecule has 0 aliphatic rings. The second kappa shape index (κ2) is 8.13. The van der Waals surface area contributed by atoms with Crippen LogP contribution in [0, 0.1) is 6.92 Å². The average Bonchev–Trinajstić information content (AvgIpc) is 2.65. The van der Waals surface area contributed by atoms with Crippen molar-refractivity contribution in [3.63, 3.8) is 0 Å². The Bertz CT molecular complexity index is 858. The first-order valence-electron chi connectivity index (χ1n) is 8.18. The topological polar surface area (TPSA) is 26.3 Å². The van der Waals surface area contributed by atoms with Crippen molar-refractivity contribution in [1.29, 1.82) is 0 Å². The maximum absolute atomic E-state index is 12.8. The summed E-state index contributed by atoms with van der Waals surface area (Å²) in [6.07, 6.45) is 0.679. The summed E-state index contributed by atoms with van der Waals surface area (Å²) >= 11 is 3.60. The van der Waals surface area contributed by atoms with Crippen molar-refractivity contribution in [3.05, 3.63) is 105 Å². The highest BCUT2D eigenvalue weighted by Crippen LogP contribution is 2.27. The number of aryl methyl sites for hydroxylation is 1. The Hall–Kier alpha value is -2.39. The van der Waals surface area contributed by atoms with Gasteiger partial charge in [-0.05, 0) is 41.7 Å². The van der Waals surface area contributed by atoms with Gasteiger partial charge < -0.3 is 4.74 Å². The molecule has 0 saturated carbocycles. The van der Waals surface area contributed by atoms with Crippen molar-refractivity contribution in [2.24, 2.45) is 0 Å². The first kappa shape index (κ1) is 17.4. The van der Waals surface area contributed by atoms with Crippen molar-refractivity contribution in [2.75, 3.05) is 0 Å². The zero-order valence-electron chi connectivity index (χ0n) is 14.0. The van der Waals surface area contributed by atoms with Crippen molar-refractivity contribution < 1.29 is 9.53 Å². The van der Waals surface area contributed by atoms with E-state index in [9.17, 15) is 4.79 Å². The fraction of sp³-hybridized carbons (Fsp3) is 0.136. The fourth-order valence-electron chi connectivity index (χ4n) is 2.79. The average molecular weight is 395 g/mol. The monoisotopic (exact) mass is 394 g/mol. The molecule has 126 valence electrons. The highest BCUT2D eigenvalue weighted by atomic mass is 79.9. The molecule has 0 aromatic heterocycles. The molecule has 0 atom stereocenters. The zero-order chi connectivity index (χ0) is 17.6. The maximum atomic E-state index is 12.8. The molecule has 0 saturated heterocycles. The molecule has 3 heteroatoms. The minimum absolute atomic E-state index is 0.274. The summed E-state index contributed by atoms with van der Waals surface area (Å²) in [6.45, 7) is 2.22. The second-order valence-electron chi connectivity index (χ2n) is 5.94. The van der Waals surface area contributed by atoms with Crippen LogP contribution >= 0.6 is 15.9 Å². The molecule has 0 radical (unpaired) electrons. The van der Waals surface area contributed by atoms with E-state index < -0.39 is 0 Å². The van der Waals surface area contributed by atoms with E-state index in [1.165, 1.54) is 0 Å². The van der Waals surface area contributed by atoms with Crippen LogP contribution in [0.3, 0.4) is 0 Å². The van der Waals surface area contributed by atoms with Crippen molar-refractivity contribution in [2.45, 2.75) is 20.0 Å². The standard InChI is InChI=1S/C22H19BrO2/c1-16-12-13-20(23)19(14-17-8-4-2-5-9-17)21(16)22(24)25-15-18-10-6-3-7-11-18/h2-13H,14-15H2,1H3. The summed E-state index contributed by atoms with van der Waals surface area (Å²) < 4.78 is 6.49. The second-order valence-corrected chi connectivity index (χ2v) is 6.80. The number of carbonyl (C=O) groups is 1. The molecule has 3 aromatic rings. The number of esters is 1. The number of halogens is 1. The zero-order valence-corrected chi connectivity index (χ0v) is 15.6. The summed E-state index contributed by atoms with van der Waals surface area (Å²) in [5.41, 5.74) is 4.67. The highest BCUT2D eigenvalue weighted by Gasteiger charge is 2.19. The molecule has 3 aromatic carbocycles. The van der Waals surface area contributed by atoms with E-state index in [4.69, 9.17) is 4.74 Å². The summed E-state index contributed by atoms with van der Waals surface area (Å²) in [5, 5.41) is 0. The lowest BCUT2D eigenvalue weighted by Gasteiger charge is -2.14. The number of hydrogen-bond acceptors (Lipinski definition) is 2. The van der Waals surface area contributed by atoms with Crippen LogP contribution < -0.4 is 0 Å². The van der Waals surface area contributed by atoms with Crippen molar-refractivity contribution in [1.82, 2.24) is 0 Å². The Morgan fingerprint density at radius 3 is 2.12 bits per heavy atom. The van der Waals surface area contributed by atoms with Crippen molar-refractivity contribution in [3.8, 4) is 0 Å². The lowest BCUT2D eigenvalue weighted by Crippen LogP contribution is -2.11. The third kappa shape index (κ3) is 4.37. The lowest BCUT2D eigenvalue weighted by atomic mass is 9.96. The van der Waals surface area contributed by atoms with Gasteiger partial charge in [0.05, 0.1) is 5.56 Å². The minimum Gasteiger partial charge on any atom is -0.457 e. The number of rotatable bonds is 5. The fourth-order valence-corrected chi connectivity index (χ4v) is 3.26.